The summed E-state index contributed by atoms with van der Waals surface area (Å²) in [4.78, 5) is 10.6. The molecule has 0 aliphatic heterocycles. The number of hydrogen-bond donors (Lipinski definition) is 2. The molecular formula is C13H17N3O4. The molecule has 1 saturated carbocycles. The van der Waals surface area contributed by atoms with Crippen LogP contribution in [0.4, 0.5) is 5.69 Å². The van der Waals surface area contributed by atoms with Gasteiger partial charge in [-0.05, 0) is 37.8 Å². The lowest BCUT2D eigenvalue weighted by Crippen LogP contribution is -2.20. The minimum absolute atomic E-state index is 0.0251. The Kier molecular flexibility index (Phi) is 4.39. The fourth-order valence-electron chi connectivity index (χ4n) is 2.34. The Hall–Kier alpha value is -2.31. The number of ether oxygens (including phenoxy) is 1. The molecule has 0 spiro atoms. The van der Waals surface area contributed by atoms with Crippen molar-refractivity contribution >= 4 is 11.5 Å². The molecule has 0 radical (unpaired) electrons. The topological polar surface area (TPSA) is 111 Å². The van der Waals surface area contributed by atoms with Crippen LogP contribution in [0.1, 0.15) is 37.7 Å². The van der Waals surface area contributed by atoms with E-state index < -0.39 is 4.92 Å². The predicted octanol–water partition coefficient (Wildman–Crippen LogP) is 2.40. The summed E-state index contributed by atoms with van der Waals surface area (Å²) in [5.74, 6) is 0.0636. The van der Waals surface area contributed by atoms with Gasteiger partial charge < -0.3 is 15.7 Å². The Morgan fingerprint density at radius 1 is 1.40 bits per heavy atom. The van der Waals surface area contributed by atoms with Gasteiger partial charge in [0.15, 0.2) is 11.6 Å². The van der Waals surface area contributed by atoms with Crippen LogP contribution < -0.4 is 10.5 Å². The molecule has 0 atom stereocenters. The van der Waals surface area contributed by atoms with Crippen LogP contribution in [0.3, 0.4) is 0 Å². The molecule has 7 heteroatoms. The third-order valence-corrected chi connectivity index (χ3v) is 3.40. The lowest BCUT2D eigenvalue weighted by atomic mass is 9.98. The van der Waals surface area contributed by atoms with Gasteiger partial charge in [-0.2, -0.15) is 0 Å². The highest BCUT2D eigenvalue weighted by molar-refractivity contribution is 5.97. The van der Waals surface area contributed by atoms with E-state index in [9.17, 15) is 10.1 Å². The molecule has 0 saturated heterocycles. The zero-order valence-corrected chi connectivity index (χ0v) is 11.0. The molecule has 7 nitrogen and oxygen atoms in total. The molecule has 108 valence electrons. The van der Waals surface area contributed by atoms with E-state index >= 15 is 0 Å². The van der Waals surface area contributed by atoms with Crippen molar-refractivity contribution in [2.45, 2.75) is 38.2 Å². The third kappa shape index (κ3) is 3.17. The molecule has 1 aliphatic carbocycles. The van der Waals surface area contributed by atoms with Crippen molar-refractivity contribution in [3.8, 4) is 5.75 Å². The molecule has 1 aromatic carbocycles. The molecule has 0 amide bonds. The molecule has 20 heavy (non-hydrogen) atoms. The van der Waals surface area contributed by atoms with Crippen LogP contribution in [-0.4, -0.2) is 22.1 Å². The van der Waals surface area contributed by atoms with Crippen molar-refractivity contribution in [2.75, 3.05) is 0 Å². The molecule has 0 aromatic heterocycles. The van der Waals surface area contributed by atoms with Crippen LogP contribution in [0.2, 0.25) is 0 Å². The normalized spacial score (nSPS) is 16.9. The van der Waals surface area contributed by atoms with Crippen molar-refractivity contribution in [2.24, 2.45) is 10.9 Å². The maximum Gasteiger partial charge on any atom is 0.311 e. The first-order valence-electron chi connectivity index (χ1n) is 6.55. The van der Waals surface area contributed by atoms with Crippen LogP contribution >= 0.6 is 0 Å². The average molecular weight is 279 g/mol. The van der Waals surface area contributed by atoms with Gasteiger partial charge in [-0.1, -0.05) is 11.6 Å². The highest BCUT2D eigenvalue weighted by atomic mass is 16.6. The minimum atomic E-state index is -0.522. The second-order valence-corrected chi connectivity index (χ2v) is 4.80. The number of nitrogens with two attached hydrogens (primary N) is 1. The van der Waals surface area contributed by atoms with E-state index in [0.29, 0.717) is 0 Å². The van der Waals surface area contributed by atoms with Crippen molar-refractivity contribution in [3.05, 3.63) is 33.9 Å². The second-order valence-electron chi connectivity index (χ2n) is 4.80. The number of benzene rings is 1. The van der Waals surface area contributed by atoms with Crippen molar-refractivity contribution in [3.63, 3.8) is 0 Å². The largest absolute Gasteiger partial charge is 0.484 e. The first-order valence-corrected chi connectivity index (χ1v) is 6.55. The Labute approximate surface area is 116 Å². The van der Waals surface area contributed by atoms with Crippen LogP contribution in [-0.2, 0) is 0 Å². The van der Waals surface area contributed by atoms with E-state index in [4.69, 9.17) is 15.7 Å². The fraction of sp³-hybridized carbons (Fsp3) is 0.462. The molecule has 2 rings (SSSR count). The molecular weight excluding hydrogens is 262 g/mol. The summed E-state index contributed by atoms with van der Waals surface area (Å²) in [7, 11) is 0. The lowest BCUT2D eigenvalue weighted by molar-refractivity contribution is -0.386. The van der Waals surface area contributed by atoms with Gasteiger partial charge in [0.05, 0.1) is 11.0 Å². The van der Waals surface area contributed by atoms with Gasteiger partial charge in [0.25, 0.3) is 0 Å². The molecule has 1 fully saturated rings. The van der Waals surface area contributed by atoms with Gasteiger partial charge >= 0.3 is 5.69 Å². The van der Waals surface area contributed by atoms with Crippen LogP contribution in [0.15, 0.2) is 23.4 Å². The Morgan fingerprint density at radius 2 is 2.10 bits per heavy atom. The van der Waals surface area contributed by atoms with Crippen molar-refractivity contribution < 1.29 is 14.9 Å². The Bertz CT molecular complexity index is 524. The monoisotopic (exact) mass is 279 g/mol. The summed E-state index contributed by atoms with van der Waals surface area (Å²) >= 11 is 0. The van der Waals surface area contributed by atoms with Gasteiger partial charge in [-0.15, -0.1) is 0 Å². The molecule has 0 heterocycles. The zero-order valence-electron chi connectivity index (χ0n) is 11.0. The Morgan fingerprint density at radius 3 is 2.70 bits per heavy atom. The van der Waals surface area contributed by atoms with E-state index in [-0.39, 0.29) is 28.9 Å². The van der Waals surface area contributed by atoms with Gasteiger partial charge in [0.1, 0.15) is 0 Å². The summed E-state index contributed by atoms with van der Waals surface area (Å²) in [6.07, 6.45) is 5.21. The van der Waals surface area contributed by atoms with Crippen molar-refractivity contribution in [1.29, 1.82) is 0 Å². The van der Waals surface area contributed by atoms with E-state index in [1.165, 1.54) is 18.6 Å². The zero-order chi connectivity index (χ0) is 14.5. The van der Waals surface area contributed by atoms with Gasteiger partial charge in [-0.25, -0.2) is 0 Å². The average Bonchev–Trinajstić information content (AvgIpc) is 2.47. The molecule has 1 aromatic rings. The molecule has 3 N–H and O–H groups in total. The van der Waals surface area contributed by atoms with E-state index in [2.05, 4.69) is 5.16 Å². The number of hydrogen-bond acceptors (Lipinski definition) is 5. The number of oxime groups is 1. The number of nitro groups is 1. The van der Waals surface area contributed by atoms with E-state index in [1.54, 1.807) is 6.07 Å². The van der Waals surface area contributed by atoms with Gasteiger partial charge in [0, 0.05) is 11.6 Å². The summed E-state index contributed by atoms with van der Waals surface area (Å²) < 4.78 is 5.73. The van der Waals surface area contributed by atoms with Crippen molar-refractivity contribution in [1.82, 2.24) is 0 Å². The van der Waals surface area contributed by atoms with Crippen LogP contribution in [0.25, 0.3) is 0 Å². The fourth-order valence-corrected chi connectivity index (χ4v) is 2.34. The van der Waals surface area contributed by atoms with Crippen LogP contribution in [0.5, 0.6) is 5.75 Å². The number of nitro benzene ring substituents is 1. The highest BCUT2D eigenvalue weighted by Gasteiger charge is 2.22. The quantitative estimate of drug-likeness (QED) is 0.289. The summed E-state index contributed by atoms with van der Waals surface area (Å²) in [6, 6.07) is 4.30. The highest BCUT2D eigenvalue weighted by Crippen LogP contribution is 2.31. The minimum Gasteiger partial charge on any atom is -0.484 e. The third-order valence-electron chi connectivity index (χ3n) is 3.40. The van der Waals surface area contributed by atoms with Gasteiger partial charge in [0.2, 0.25) is 0 Å². The summed E-state index contributed by atoms with van der Waals surface area (Å²) in [5, 5.41) is 22.6. The number of rotatable bonds is 4. The second kappa shape index (κ2) is 6.23. The molecule has 0 unspecified atom stereocenters. The number of amidine groups is 1. The SMILES string of the molecule is NC(=NO)c1ccc(OC2CCCCC2)c([N+](=O)[O-])c1. The Balaban J connectivity index is 2.25. The van der Waals surface area contributed by atoms with E-state index in [0.717, 1.165) is 25.7 Å². The number of nitrogens with zero attached hydrogens (tertiary/aromatic N) is 2. The summed E-state index contributed by atoms with van der Waals surface area (Å²) in [6.45, 7) is 0. The van der Waals surface area contributed by atoms with Crippen LogP contribution in [0, 0.1) is 10.1 Å². The molecule has 1 aliphatic rings. The molecule has 0 bridgehead atoms. The maximum atomic E-state index is 11.1. The maximum absolute atomic E-state index is 11.1. The summed E-state index contributed by atoms with van der Waals surface area (Å²) in [5.41, 5.74) is 5.55. The smallest absolute Gasteiger partial charge is 0.311 e. The standard InChI is InChI=1S/C13H17N3O4/c14-13(15-17)9-6-7-12(11(8-9)16(18)19)20-10-4-2-1-3-5-10/h6-8,10,17H,1-5H2,(H2,14,15). The van der Waals surface area contributed by atoms with Gasteiger partial charge in [-0.3, -0.25) is 10.1 Å². The first kappa shape index (κ1) is 14.1. The lowest BCUT2D eigenvalue weighted by Gasteiger charge is -2.22. The predicted molar refractivity (Wildman–Crippen MR) is 73.1 cm³/mol. The first-order chi connectivity index (χ1) is 9.61. The van der Waals surface area contributed by atoms with E-state index in [1.807, 2.05) is 0 Å².